The van der Waals surface area contributed by atoms with Crippen molar-refractivity contribution in [3.63, 3.8) is 0 Å². The van der Waals surface area contributed by atoms with Crippen LogP contribution >= 0.6 is 15.9 Å². The Balaban J connectivity index is 2.26. The van der Waals surface area contributed by atoms with Gasteiger partial charge in [0.15, 0.2) is 11.6 Å². The molecule has 0 amide bonds. The van der Waals surface area contributed by atoms with Crippen molar-refractivity contribution in [3.8, 4) is 11.5 Å². The van der Waals surface area contributed by atoms with Gasteiger partial charge in [-0.2, -0.15) is 0 Å². The van der Waals surface area contributed by atoms with Gasteiger partial charge in [-0.05, 0) is 67.8 Å². The van der Waals surface area contributed by atoms with Gasteiger partial charge in [0.1, 0.15) is 5.75 Å². The summed E-state index contributed by atoms with van der Waals surface area (Å²) in [5.41, 5.74) is 8.45. The number of aryl methyl sites for hydroxylation is 2. The number of benzene rings is 2. The Morgan fingerprint density at radius 1 is 1.15 bits per heavy atom. The van der Waals surface area contributed by atoms with Gasteiger partial charge in [-0.3, -0.25) is 0 Å². The van der Waals surface area contributed by atoms with E-state index >= 15 is 0 Å². The molecule has 0 radical (unpaired) electrons. The molecule has 106 valence electrons. The molecule has 0 saturated carbocycles. The fourth-order valence-corrected chi connectivity index (χ4v) is 2.27. The van der Waals surface area contributed by atoms with E-state index in [1.165, 1.54) is 6.07 Å². The van der Waals surface area contributed by atoms with E-state index in [4.69, 9.17) is 10.5 Å². The van der Waals surface area contributed by atoms with E-state index in [0.29, 0.717) is 18.7 Å². The Labute approximate surface area is 126 Å². The van der Waals surface area contributed by atoms with Crippen molar-refractivity contribution < 1.29 is 9.13 Å². The topological polar surface area (TPSA) is 35.2 Å². The summed E-state index contributed by atoms with van der Waals surface area (Å²) in [6.07, 6.45) is 0.660. The molecule has 0 aromatic heterocycles. The lowest BCUT2D eigenvalue weighted by Gasteiger charge is -2.11. The smallest absolute Gasteiger partial charge is 0.165 e. The van der Waals surface area contributed by atoms with Crippen molar-refractivity contribution in [2.75, 3.05) is 6.54 Å². The molecule has 20 heavy (non-hydrogen) atoms. The van der Waals surface area contributed by atoms with Crippen LogP contribution in [0.2, 0.25) is 0 Å². The summed E-state index contributed by atoms with van der Waals surface area (Å²) in [4.78, 5) is 0. The van der Waals surface area contributed by atoms with Crippen LogP contribution < -0.4 is 10.5 Å². The van der Waals surface area contributed by atoms with E-state index in [-0.39, 0.29) is 11.6 Å². The zero-order valence-corrected chi connectivity index (χ0v) is 13.1. The van der Waals surface area contributed by atoms with Crippen LogP contribution in [0, 0.1) is 19.7 Å². The minimum absolute atomic E-state index is 0.229. The lowest BCUT2D eigenvalue weighted by Crippen LogP contribution is -2.03. The van der Waals surface area contributed by atoms with Crippen molar-refractivity contribution in [2.45, 2.75) is 20.3 Å². The zero-order chi connectivity index (χ0) is 14.7. The van der Waals surface area contributed by atoms with Crippen molar-refractivity contribution in [1.29, 1.82) is 0 Å². The summed E-state index contributed by atoms with van der Waals surface area (Å²) in [6.45, 7) is 4.46. The van der Waals surface area contributed by atoms with Gasteiger partial charge in [0.2, 0.25) is 0 Å². The number of hydrogen-bond acceptors (Lipinski definition) is 2. The van der Waals surface area contributed by atoms with E-state index in [9.17, 15) is 4.39 Å². The fraction of sp³-hybridized carbons (Fsp3) is 0.250. The number of halogens is 2. The normalized spacial score (nSPS) is 10.7. The average Bonchev–Trinajstić information content (AvgIpc) is 2.39. The first-order valence-electron chi connectivity index (χ1n) is 6.44. The second kappa shape index (κ2) is 6.37. The minimum atomic E-state index is -0.367. The van der Waals surface area contributed by atoms with Crippen LogP contribution in [0.15, 0.2) is 34.8 Å². The third-order valence-electron chi connectivity index (χ3n) is 3.07. The summed E-state index contributed by atoms with van der Waals surface area (Å²) >= 11 is 3.50. The van der Waals surface area contributed by atoms with Gasteiger partial charge < -0.3 is 10.5 Å². The molecule has 0 aliphatic carbocycles. The number of rotatable bonds is 4. The van der Waals surface area contributed by atoms with Crippen molar-refractivity contribution >= 4 is 15.9 Å². The molecule has 0 atom stereocenters. The van der Waals surface area contributed by atoms with Crippen LogP contribution in [0.5, 0.6) is 11.5 Å². The number of hydrogen-bond donors (Lipinski definition) is 1. The monoisotopic (exact) mass is 337 g/mol. The van der Waals surface area contributed by atoms with Gasteiger partial charge in [-0.1, -0.05) is 22.0 Å². The summed E-state index contributed by atoms with van der Waals surface area (Å²) in [6, 6.07) is 8.71. The van der Waals surface area contributed by atoms with Gasteiger partial charge in [-0.25, -0.2) is 4.39 Å². The van der Waals surface area contributed by atoms with Gasteiger partial charge in [-0.15, -0.1) is 0 Å². The molecule has 0 unspecified atom stereocenters. The molecule has 4 heteroatoms. The van der Waals surface area contributed by atoms with Gasteiger partial charge in [0, 0.05) is 4.47 Å². The summed E-state index contributed by atoms with van der Waals surface area (Å²) in [7, 11) is 0. The SMILES string of the molecule is Cc1cc(Oc2ccc(CCN)cc2F)cc(C)c1Br. The first kappa shape index (κ1) is 15.0. The molecule has 0 heterocycles. The standard InChI is InChI=1S/C16H17BrFNO/c1-10-7-13(8-11(2)16(10)17)20-15-4-3-12(5-6-19)9-14(15)18/h3-4,7-9H,5-6,19H2,1-2H3. The molecule has 2 nitrogen and oxygen atoms in total. The first-order valence-corrected chi connectivity index (χ1v) is 7.23. The summed E-state index contributed by atoms with van der Waals surface area (Å²) in [5.74, 6) is 0.495. The van der Waals surface area contributed by atoms with Crippen LogP contribution in [0.4, 0.5) is 4.39 Å². The van der Waals surface area contributed by atoms with E-state index in [0.717, 1.165) is 21.2 Å². The lowest BCUT2D eigenvalue weighted by molar-refractivity contribution is 0.441. The third-order valence-corrected chi connectivity index (χ3v) is 4.32. The van der Waals surface area contributed by atoms with E-state index in [1.54, 1.807) is 6.07 Å². The lowest BCUT2D eigenvalue weighted by atomic mass is 10.1. The number of ether oxygens (including phenoxy) is 1. The Morgan fingerprint density at radius 2 is 1.80 bits per heavy atom. The molecule has 2 N–H and O–H groups in total. The first-order chi connectivity index (χ1) is 9.51. The Bertz CT molecular complexity index is 605. The van der Waals surface area contributed by atoms with E-state index in [1.807, 2.05) is 32.0 Å². The predicted molar refractivity (Wildman–Crippen MR) is 82.8 cm³/mol. The second-order valence-corrected chi connectivity index (χ2v) is 5.57. The van der Waals surface area contributed by atoms with Crippen LogP contribution in [-0.2, 0) is 6.42 Å². The highest BCUT2D eigenvalue weighted by atomic mass is 79.9. The largest absolute Gasteiger partial charge is 0.454 e. The molecule has 0 fully saturated rings. The molecular weight excluding hydrogens is 321 g/mol. The molecule has 0 aliphatic rings. The maximum absolute atomic E-state index is 14.0. The zero-order valence-electron chi connectivity index (χ0n) is 11.5. The van der Waals surface area contributed by atoms with Crippen molar-refractivity contribution in [3.05, 3.63) is 57.3 Å². The maximum atomic E-state index is 14.0. The molecule has 2 aromatic carbocycles. The predicted octanol–water partition coefficient (Wildman–Crippen LogP) is 4.50. The van der Waals surface area contributed by atoms with Crippen molar-refractivity contribution in [1.82, 2.24) is 0 Å². The average molecular weight is 338 g/mol. The summed E-state index contributed by atoms with van der Waals surface area (Å²) in [5, 5.41) is 0. The van der Waals surface area contributed by atoms with Crippen LogP contribution in [0.25, 0.3) is 0 Å². The van der Waals surface area contributed by atoms with Crippen LogP contribution in [0.3, 0.4) is 0 Å². The molecule has 0 bridgehead atoms. The van der Waals surface area contributed by atoms with Crippen LogP contribution in [-0.4, -0.2) is 6.54 Å². The second-order valence-electron chi connectivity index (χ2n) is 4.78. The fourth-order valence-electron chi connectivity index (χ4n) is 2.04. The Kier molecular flexibility index (Phi) is 4.78. The molecule has 0 spiro atoms. The Morgan fingerprint density at radius 3 is 2.35 bits per heavy atom. The molecule has 0 saturated heterocycles. The Hall–Kier alpha value is -1.39. The van der Waals surface area contributed by atoms with Gasteiger partial charge >= 0.3 is 0 Å². The highest BCUT2D eigenvalue weighted by Crippen LogP contribution is 2.30. The van der Waals surface area contributed by atoms with Gasteiger partial charge in [0.05, 0.1) is 0 Å². The number of nitrogens with two attached hydrogens (primary N) is 1. The minimum Gasteiger partial charge on any atom is -0.454 e. The molecular formula is C16H17BrFNO. The maximum Gasteiger partial charge on any atom is 0.165 e. The molecule has 2 aromatic rings. The van der Waals surface area contributed by atoms with E-state index in [2.05, 4.69) is 15.9 Å². The highest BCUT2D eigenvalue weighted by Gasteiger charge is 2.08. The van der Waals surface area contributed by atoms with Crippen LogP contribution in [0.1, 0.15) is 16.7 Å². The third kappa shape index (κ3) is 3.38. The highest BCUT2D eigenvalue weighted by molar-refractivity contribution is 9.10. The molecule has 2 rings (SSSR count). The summed E-state index contributed by atoms with van der Waals surface area (Å²) < 4.78 is 20.6. The quantitative estimate of drug-likeness (QED) is 0.891. The van der Waals surface area contributed by atoms with Gasteiger partial charge in [0.25, 0.3) is 0 Å². The van der Waals surface area contributed by atoms with Crippen molar-refractivity contribution in [2.24, 2.45) is 5.73 Å². The molecule has 0 aliphatic heterocycles. The van der Waals surface area contributed by atoms with E-state index < -0.39 is 0 Å².